The zero-order valence-corrected chi connectivity index (χ0v) is 16.5. The van der Waals surface area contributed by atoms with Crippen LogP contribution in [-0.4, -0.2) is 47.4 Å². The van der Waals surface area contributed by atoms with E-state index in [9.17, 15) is 19.5 Å². The first-order chi connectivity index (χ1) is 12.8. The fourth-order valence-corrected chi connectivity index (χ4v) is 3.70. The van der Waals surface area contributed by atoms with Crippen LogP contribution < -0.4 is 5.32 Å². The number of rotatable bonds is 7. The highest BCUT2D eigenvalue weighted by atomic mass is 16.4. The Bertz CT molecular complexity index is 685. The Morgan fingerprint density at radius 3 is 2.37 bits per heavy atom. The molecule has 0 aromatic heterocycles. The molecule has 0 radical (unpaired) electrons. The molecule has 2 amide bonds. The third kappa shape index (κ3) is 4.49. The van der Waals surface area contributed by atoms with Crippen LogP contribution in [0.2, 0.25) is 0 Å². The smallest absolute Gasteiger partial charge is 0.311 e. The number of nitrogens with one attached hydrogen (secondary N) is 1. The van der Waals surface area contributed by atoms with Crippen LogP contribution in [-0.2, 0) is 9.59 Å². The molecule has 1 atom stereocenters. The number of carbonyl (C=O) groups excluding carboxylic acids is 2. The molecule has 1 aliphatic heterocycles. The van der Waals surface area contributed by atoms with Gasteiger partial charge in [-0.2, -0.15) is 0 Å². The minimum Gasteiger partial charge on any atom is -0.481 e. The predicted octanol–water partition coefficient (Wildman–Crippen LogP) is 2.94. The van der Waals surface area contributed by atoms with Gasteiger partial charge in [0.25, 0.3) is 5.91 Å². The highest BCUT2D eigenvalue weighted by molar-refractivity contribution is 5.95. The largest absolute Gasteiger partial charge is 0.481 e. The van der Waals surface area contributed by atoms with Crippen molar-refractivity contribution in [2.75, 3.05) is 19.6 Å². The van der Waals surface area contributed by atoms with Crippen molar-refractivity contribution >= 4 is 17.8 Å². The first-order valence-electron chi connectivity index (χ1n) is 9.64. The zero-order chi connectivity index (χ0) is 20.1. The molecule has 0 bridgehead atoms. The van der Waals surface area contributed by atoms with Gasteiger partial charge in [0, 0.05) is 25.2 Å². The Kier molecular flexibility index (Phi) is 6.63. The Hall–Kier alpha value is -2.37. The van der Waals surface area contributed by atoms with E-state index in [2.05, 4.69) is 5.32 Å². The van der Waals surface area contributed by atoms with E-state index >= 15 is 0 Å². The standard InChI is InChI=1S/C21H30N2O4/c1-4-21(5-2,19(26)27)14-22-18(25)20(3)12-9-13-23(15-20)17(24)16-10-7-6-8-11-16/h6-8,10-11H,4-5,9,12-15H2,1-3H3,(H,22,25)(H,26,27). The molecule has 2 rings (SSSR count). The van der Waals surface area contributed by atoms with E-state index in [0.29, 0.717) is 37.9 Å². The van der Waals surface area contributed by atoms with Crippen molar-refractivity contribution < 1.29 is 19.5 Å². The van der Waals surface area contributed by atoms with Gasteiger partial charge in [-0.3, -0.25) is 14.4 Å². The normalized spacial score (nSPS) is 20.2. The summed E-state index contributed by atoms with van der Waals surface area (Å²) < 4.78 is 0. The van der Waals surface area contributed by atoms with Crippen molar-refractivity contribution in [2.24, 2.45) is 10.8 Å². The molecule has 1 unspecified atom stereocenters. The zero-order valence-electron chi connectivity index (χ0n) is 16.5. The van der Waals surface area contributed by atoms with Crippen LogP contribution >= 0.6 is 0 Å². The predicted molar refractivity (Wildman–Crippen MR) is 103 cm³/mol. The molecule has 1 aromatic carbocycles. The van der Waals surface area contributed by atoms with Crippen molar-refractivity contribution in [3.63, 3.8) is 0 Å². The second-order valence-electron chi connectivity index (χ2n) is 7.73. The first kappa shape index (κ1) is 20.9. The monoisotopic (exact) mass is 374 g/mol. The minimum absolute atomic E-state index is 0.0728. The van der Waals surface area contributed by atoms with E-state index < -0.39 is 16.8 Å². The van der Waals surface area contributed by atoms with E-state index in [1.54, 1.807) is 17.0 Å². The van der Waals surface area contributed by atoms with Gasteiger partial charge in [-0.1, -0.05) is 32.0 Å². The van der Waals surface area contributed by atoms with Crippen LogP contribution in [0.5, 0.6) is 0 Å². The lowest BCUT2D eigenvalue weighted by atomic mass is 9.79. The molecule has 148 valence electrons. The summed E-state index contributed by atoms with van der Waals surface area (Å²) in [5.74, 6) is -1.14. The first-order valence-corrected chi connectivity index (χ1v) is 9.64. The number of benzene rings is 1. The van der Waals surface area contributed by atoms with Crippen molar-refractivity contribution in [3.05, 3.63) is 35.9 Å². The summed E-state index contributed by atoms with van der Waals surface area (Å²) in [6, 6.07) is 9.06. The quantitative estimate of drug-likeness (QED) is 0.768. The molecule has 1 aromatic rings. The lowest BCUT2D eigenvalue weighted by molar-refractivity contribution is -0.149. The SMILES string of the molecule is CCC(CC)(CNC(=O)C1(C)CCCN(C(=O)c2ccccc2)C1)C(=O)O. The molecule has 0 aliphatic carbocycles. The van der Waals surface area contributed by atoms with Gasteiger partial charge in [0.2, 0.25) is 5.91 Å². The van der Waals surface area contributed by atoms with Crippen molar-refractivity contribution in [2.45, 2.75) is 46.5 Å². The van der Waals surface area contributed by atoms with Gasteiger partial charge < -0.3 is 15.3 Å². The van der Waals surface area contributed by atoms with Crippen molar-refractivity contribution in [1.82, 2.24) is 10.2 Å². The summed E-state index contributed by atoms with van der Waals surface area (Å²) >= 11 is 0. The number of nitrogens with zero attached hydrogens (tertiary/aromatic N) is 1. The van der Waals surface area contributed by atoms with E-state index in [1.165, 1.54) is 0 Å². The van der Waals surface area contributed by atoms with E-state index in [1.807, 2.05) is 39.0 Å². The second-order valence-corrected chi connectivity index (χ2v) is 7.73. The van der Waals surface area contributed by atoms with Gasteiger partial charge in [-0.15, -0.1) is 0 Å². The Labute approximate surface area is 160 Å². The molecule has 1 fully saturated rings. The maximum atomic E-state index is 12.9. The van der Waals surface area contributed by atoms with E-state index in [0.717, 1.165) is 6.42 Å². The molecule has 1 aliphatic rings. The van der Waals surface area contributed by atoms with Gasteiger partial charge in [0.1, 0.15) is 0 Å². The maximum Gasteiger partial charge on any atom is 0.311 e. The van der Waals surface area contributed by atoms with Crippen molar-refractivity contribution in [3.8, 4) is 0 Å². The van der Waals surface area contributed by atoms with Crippen LogP contribution in [0, 0.1) is 10.8 Å². The minimum atomic E-state index is -0.944. The Balaban J connectivity index is 2.07. The highest BCUT2D eigenvalue weighted by Gasteiger charge is 2.41. The van der Waals surface area contributed by atoms with Crippen LogP contribution in [0.15, 0.2) is 30.3 Å². The van der Waals surface area contributed by atoms with Crippen molar-refractivity contribution in [1.29, 1.82) is 0 Å². The maximum absolute atomic E-state index is 12.9. The number of amides is 2. The molecular weight excluding hydrogens is 344 g/mol. The Morgan fingerprint density at radius 2 is 1.81 bits per heavy atom. The summed E-state index contributed by atoms with van der Waals surface area (Å²) in [5.41, 5.74) is -1.04. The number of carbonyl (C=O) groups is 3. The molecule has 1 heterocycles. The molecule has 6 heteroatoms. The highest BCUT2D eigenvalue weighted by Crippen LogP contribution is 2.32. The van der Waals surface area contributed by atoms with Crippen LogP contribution in [0.4, 0.5) is 0 Å². The average Bonchev–Trinajstić information content (AvgIpc) is 2.68. The summed E-state index contributed by atoms with van der Waals surface area (Å²) in [4.78, 5) is 39.0. The number of aliphatic carboxylic acids is 1. The third-order valence-corrected chi connectivity index (χ3v) is 5.95. The topological polar surface area (TPSA) is 86.7 Å². The molecule has 0 spiro atoms. The third-order valence-electron chi connectivity index (χ3n) is 5.95. The number of carboxylic acid groups (broad SMARTS) is 1. The molecule has 6 nitrogen and oxygen atoms in total. The van der Waals surface area contributed by atoms with Gasteiger partial charge in [0.05, 0.1) is 10.8 Å². The molecule has 1 saturated heterocycles. The van der Waals surface area contributed by atoms with Gasteiger partial charge in [-0.05, 0) is 44.7 Å². The van der Waals surface area contributed by atoms with Gasteiger partial charge in [0.15, 0.2) is 0 Å². The van der Waals surface area contributed by atoms with E-state index in [-0.39, 0.29) is 18.4 Å². The van der Waals surface area contributed by atoms with Crippen LogP contribution in [0.1, 0.15) is 56.8 Å². The Morgan fingerprint density at radius 1 is 1.19 bits per heavy atom. The number of piperidine rings is 1. The number of hydrogen-bond donors (Lipinski definition) is 2. The second kappa shape index (κ2) is 8.55. The summed E-state index contributed by atoms with van der Waals surface area (Å²) in [7, 11) is 0. The lowest BCUT2D eigenvalue weighted by Gasteiger charge is -2.40. The molecule has 0 saturated carbocycles. The molecule has 27 heavy (non-hydrogen) atoms. The summed E-state index contributed by atoms with van der Waals surface area (Å²) in [5, 5.41) is 12.4. The fourth-order valence-electron chi connectivity index (χ4n) is 3.70. The van der Waals surface area contributed by atoms with Crippen LogP contribution in [0.25, 0.3) is 0 Å². The number of hydrogen-bond acceptors (Lipinski definition) is 3. The lowest BCUT2D eigenvalue weighted by Crippen LogP contribution is -2.54. The number of carboxylic acids is 1. The van der Waals surface area contributed by atoms with E-state index in [4.69, 9.17) is 0 Å². The van der Waals surface area contributed by atoms with Gasteiger partial charge in [-0.25, -0.2) is 0 Å². The molecular formula is C21H30N2O4. The van der Waals surface area contributed by atoms with Crippen LogP contribution in [0.3, 0.4) is 0 Å². The van der Waals surface area contributed by atoms with Gasteiger partial charge >= 0.3 is 5.97 Å². The summed E-state index contributed by atoms with van der Waals surface area (Å²) in [6.45, 7) is 6.58. The fraction of sp³-hybridized carbons (Fsp3) is 0.571. The number of likely N-dealkylation sites (tertiary alicyclic amines) is 1. The summed E-state index contributed by atoms with van der Waals surface area (Å²) in [6.07, 6.45) is 2.33. The molecule has 2 N–H and O–H groups in total. The average molecular weight is 374 g/mol.